The first-order chi connectivity index (χ1) is 13.4. The van der Waals surface area contributed by atoms with Crippen LogP contribution in [-0.4, -0.2) is 37.6 Å². The number of aromatic nitrogens is 1. The second-order valence-electron chi connectivity index (χ2n) is 6.42. The maximum Gasteiger partial charge on any atom is 0.337 e. The van der Waals surface area contributed by atoms with Crippen molar-refractivity contribution in [3.05, 3.63) is 57.4 Å². The lowest BCUT2D eigenvalue weighted by Crippen LogP contribution is -2.20. The third-order valence-electron chi connectivity index (χ3n) is 5.07. The molecule has 4 rings (SSSR count). The van der Waals surface area contributed by atoms with E-state index in [1.807, 2.05) is 0 Å². The van der Waals surface area contributed by atoms with Gasteiger partial charge < -0.3 is 18.8 Å². The molecule has 0 amide bonds. The van der Waals surface area contributed by atoms with E-state index in [-0.39, 0.29) is 16.9 Å². The predicted octanol–water partition coefficient (Wildman–Crippen LogP) is 2.55. The molecule has 0 N–H and O–H groups in total. The lowest BCUT2D eigenvalue weighted by molar-refractivity contribution is 0.0600. The van der Waals surface area contributed by atoms with Gasteiger partial charge in [-0.05, 0) is 24.3 Å². The van der Waals surface area contributed by atoms with Gasteiger partial charge in [-0.3, -0.25) is 9.59 Å². The minimum Gasteiger partial charge on any atom is -0.493 e. The van der Waals surface area contributed by atoms with E-state index in [0.717, 1.165) is 0 Å². The highest BCUT2D eigenvalue weighted by molar-refractivity contribution is 6.27. The molecule has 0 atom stereocenters. The molecule has 0 saturated heterocycles. The maximum atomic E-state index is 13.2. The van der Waals surface area contributed by atoms with E-state index in [1.54, 1.807) is 31.3 Å². The van der Waals surface area contributed by atoms with E-state index in [0.29, 0.717) is 44.7 Å². The van der Waals surface area contributed by atoms with Crippen LogP contribution in [0.5, 0.6) is 11.5 Å². The fourth-order valence-corrected chi connectivity index (χ4v) is 3.70. The van der Waals surface area contributed by atoms with Gasteiger partial charge in [-0.1, -0.05) is 6.07 Å². The van der Waals surface area contributed by atoms with Gasteiger partial charge in [-0.2, -0.15) is 0 Å². The number of hydrogen-bond acceptors (Lipinski definition) is 6. The van der Waals surface area contributed by atoms with Crippen LogP contribution in [0.25, 0.3) is 22.0 Å². The summed E-state index contributed by atoms with van der Waals surface area (Å²) in [6.45, 7) is 0. The fourth-order valence-electron chi connectivity index (χ4n) is 3.70. The van der Waals surface area contributed by atoms with Crippen molar-refractivity contribution >= 4 is 22.5 Å². The number of hydrogen-bond donors (Lipinski definition) is 0. The number of nitrogens with zero attached hydrogens (tertiary/aromatic N) is 1. The smallest absolute Gasteiger partial charge is 0.337 e. The van der Waals surface area contributed by atoms with Crippen LogP contribution in [0.3, 0.4) is 0 Å². The lowest BCUT2D eigenvalue weighted by Gasteiger charge is -2.14. The number of ketones is 1. The van der Waals surface area contributed by atoms with Crippen molar-refractivity contribution in [2.24, 2.45) is 7.05 Å². The Balaban J connectivity index is 2.09. The molecular formula is C21H17NO6. The third kappa shape index (κ3) is 2.26. The molecule has 0 radical (unpaired) electrons. The zero-order chi connectivity index (χ0) is 20.2. The molecule has 0 unspecified atom stereocenters. The molecule has 0 fully saturated rings. The molecule has 0 aliphatic heterocycles. The summed E-state index contributed by atoms with van der Waals surface area (Å²) in [5.41, 5.74) is 1.89. The number of esters is 1. The Morgan fingerprint density at radius 1 is 0.893 bits per heavy atom. The van der Waals surface area contributed by atoms with E-state index in [1.165, 1.54) is 32.0 Å². The van der Waals surface area contributed by atoms with Crippen molar-refractivity contribution in [1.29, 1.82) is 0 Å². The Kier molecular flexibility index (Phi) is 3.96. The van der Waals surface area contributed by atoms with Gasteiger partial charge in [-0.25, -0.2) is 4.79 Å². The zero-order valence-electron chi connectivity index (χ0n) is 15.8. The summed E-state index contributed by atoms with van der Waals surface area (Å²) in [5.74, 6) is 0.0349. The van der Waals surface area contributed by atoms with Crippen LogP contribution in [0.2, 0.25) is 0 Å². The number of fused-ring (bicyclic) bond motifs is 5. The summed E-state index contributed by atoms with van der Waals surface area (Å²) >= 11 is 0. The topological polar surface area (TPSA) is 83.8 Å². The molecule has 0 saturated carbocycles. The molecule has 142 valence electrons. The van der Waals surface area contributed by atoms with Gasteiger partial charge in [0.1, 0.15) is 0 Å². The van der Waals surface area contributed by atoms with Crippen molar-refractivity contribution in [2.45, 2.75) is 0 Å². The average molecular weight is 379 g/mol. The summed E-state index contributed by atoms with van der Waals surface area (Å²) in [7, 11) is 5.87. The summed E-state index contributed by atoms with van der Waals surface area (Å²) in [6.07, 6.45) is 0. The van der Waals surface area contributed by atoms with Gasteiger partial charge in [0.05, 0.1) is 43.5 Å². The van der Waals surface area contributed by atoms with Gasteiger partial charge in [0.25, 0.3) is 5.56 Å². The summed E-state index contributed by atoms with van der Waals surface area (Å²) < 4.78 is 16.8. The predicted molar refractivity (Wildman–Crippen MR) is 103 cm³/mol. The van der Waals surface area contributed by atoms with Crippen molar-refractivity contribution in [2.75, 3.05) is 21.3 Å². The number of benzene rings is 2. The van der Waals surface area contributed by atoms with Gasteiger partial charge in [0, 0.05) is 23.6 Å². The van der Waals surface area contributed by atoms with Crippen molar-refractivity contribution in [3.8, 4) is 22.8 Å². The molecule has 0 bridgehead atoms. The fraction of sp³-hybridized carbons (Fsp3) is 0.190. The molecule has 1 aliphatic carbocycles. The van der Waals surface area contributed by atoms with Crippen LogP contribution >= 0.6 is 0 Å². The Bertz CT molecular complexity index is 1240. The van der Waals surface area contributed by atoms with Gasteiger partial charge in [-0.15, -0.1) is 0 Å². The molecule has 1 heterocycles. The summed E-state index contributed by atoms with van der Waals surface area (Å²) in [6, 6.07) is 7.96. The molecule has 7 nitrogen and oxygen atoms in total. The first-order valence-corrected chi connectivity index (χ1v) is 8.49. The quantitative estimate of drug-likeness (QED) is 0.509. The number of carbonyl (C=O) groups is 2. The largest absolute Gasteiger partial charge is 0.493 e. The Labute approximate surface area is 160 Å². The first-order valence-electron chi connectivity index (χ1n) is 8.49. The standard InChI is InChI=1S/C21H17NO6/c1-22-18-11-6-5-10(21(25)28-4)7-13(11)19(23)17(18)12-8-15(26-2)16(27-3)9-14(12)20(22)24/h5-9H,1-4H3. The maximum absolute atomic E-state index is 13.2. The number of ether oxygens (including phenoxy) is 3. The molecule has 0 spiro atoms. The number of methoxy groups -OCH3 is 3. The monoisotopic (exact) mass is 379 g/mol. The highest BCUT2D eigenvalue weighted by atomic mass is 16.5. The van der Waals surface area contributed by atoms with Crippen molar-refractivity contribution < 1.29 is 23.8 Å². The van der Waals surface area contributed by atoms with Crippen LogP contribution < -0.4 is 15.0 Å². The molecule has 1 aromatic heterocycles. The van der Waals surface area contributed by atoms with Crippen LogP contribution in [0.4, 0.5) is 0 Å². The second kappa shape index (κ2) is 6.23. The molecule has 3 aromatic rings. The molecule has 1 aliphatic rings. The van der Waals surface area contributed by atoms with Crippen molar-refractivity contribution in [1.82, 2.24) is 4.57 Å². The van der Waals surface area contributed by atoms with Crippen LogP contribution in [0.1, 0.15) is 26.3 Å². The SMILES string of the molecule is COC(=O)c1ccc2c(c1)C(=O)c1c-2n(C)c(=O)c2cc(OC)c(OC)cc12. The number of pyridine rings is 1. The zero-order valence-corrected chi connectivity index (χ0v) is 15.8. The summed E-state index contributed by atoms with van der Waals surface area (Å²) in [5, 5.41) is 0.838. The number of carbonyl (C=O) groups excluding carboxylic acids is 2. The van der Waals surface area contributed by atoms with Gasteiger partial charge in [0.15, 0.2) is 17.3 Å². The molecule has 28 heavy (non-hydrogen) atoms. The van der Waals surface area contributed by atoms with Crippen LogP contribution in [-0.2, 0) is 11.8 Å². The summed E-state index contributed by atoms with van der Waals surface area (Å²) in [4.78, 5) is 38.1. The molecule has 2 aromatic carbocycles. The van der Waals surface area contributed by atoms with E-state index >= 15 is 0 Å². The van der Waals surface area contributed by atoms with Crippen molar-refractivity contribution in [3.63, 3.8) is 0 Å². The van der Waals surface area contributed by atoms with Crippen LogP contribution in [0, 0.1) is 0 Å². The van der Waals surface area contributed by atoms with E-state index in [4.69, 9.17) is 14.2 Å². The Morgan fingerprint density at radius 3 is 2.14 bits per heavy atom. The minimum atomic E-state index is -0.531. The Hall–Kier alpha value is -3.61. The molecule has 7 heteroatoms. The Morgan fingerprint density at radius 2 is 1.54 bits per heavy atom. The van der Waals surface area contributed by atoms with E-state index < -0.39 is 5.97 Å². The second-order valence-corrected chi connectivity index (χ2v) is 6.42. The first kappa shape index (κ1) is 17.8. The highest BCUT2D eigenvalue weighted by Crippen LogP contribution is 2.42. The highest BCUT2D eigenvalue weighted by Gasteiger charge is 2.33. The molecular weight excluding hydrogens is 362 g/mol. The lowest BCUT2D eigenvalue weighted by atomic mass is 10.0. The normalized spacial score (nSPS) is 11.9. The minimum absolute atomic E-state index is 0.257. The van der Waals surface area contributed by atoms with Gasteiger partial charge >= 0.3 is 5.97 Å². The third-order valence-corrected chi connectivity index (χ3v) is 5.07. The van der Waals surface area contributed by atoms with Crippen LogP contribution in [0.15, 0.2) is 35.1 Å². The number of rotatable bonds is 3. The average Bonchev–Trinajstić information content (AvgIpc) is 3.02. The van der Waals surface area contributed by atoms with Gasteiger partial charge in [0.2, 0.25) is 0 Å². The van der Waals surface area contributed by atoms with E-state index in [2.05, 4.69) is 0 Å². The van der Waals surface area contributed by atoms with E-state index in [9.17, 15) is 14.4 Å².